The summed E-state index contributed by atoms with van der Waals surface area (Å²) in [4.78, 5) is 13.5. The molecule has 0 atom stereocenters. The molecule has 0 aliphatic carbocycles. The van der Waals surface area contributed by atoms with Crippen molar-refractivity contribution in [2.75, 3.05) is 38.2 Å². The molecule has 0 amide bonds. The highest BCUT2D eigenvalue weighted by atomic mass is 32.1. The average Bonchev–Trinajstić information content (AvgIpc) is 3.16. The number of aliphatic imine (C=N–C) groups is 1. The molecule has 0 aromatic carbocycles. The van der Waals surface area contributed by atoms with Gasteiger partial charge >= 0.3 is 0 Å². The van der Waals surface area contributed by atoms with Crippen LogP contribution >= 0.6 is 11.3 Å². The van der Waals surface area contributed by atoms with Crippen LogP contribution in [0, 0.1) is 5.92 Å². The summed E-state index contributed by atoms with van der Waals surface area (Å²) < 4.78 is 11.4. The number of nitrogens with zero attached hydrogens (tertiary/aromatic N) is 3. The minimum atomic E-state index is 0.529. The lowest BCUT2D eigenvalue weighted by Crippen LogP contribution is -2.35. The van der Waals surface area contributed by atoms with E-state index in [9.17, 15) is 0 Å². The molecule has 2 aliphatic rings. The third-order valence-corrected chi connectivity index (χ3v) is 5.23. The van der Waals surface area contributed by atoms with Crippen molar-refractivity contribution in [3.63, 3.8) is 0 Å². The topological polar surface area (TPSA) is 80.7 Å². The largest absolute Gasteiger partial charge is 0.477 e. The summed E-state index contributed by atoms with van der Waals surface area (Å²) in [5.74, 6) is 1.96. The molecule has 8 heteroatoms. The first-order valence-corrected chi connectivity index (χ1v) is 9.93. The number of aromatic nitrogens is 2. The lowest BCUT2D eigenvalue weighted by Gasteiger charge is -2.22. The maximum absolute atomic E-state index is 6.03. The van der Waals surface area contributed by atoms with Gasteiger partial charge in [-0.05, 0) is 37.3 Å². The first-order chi connectivity index (χ1) is 12.9. The Morgan fingerprint density at radius 2 is 2.27 bits per heavy atom. The number of hydrogen-bond acceptors (Lipinski definition) is 8. The molecular formula is C18H23N5O2S. The van der Waals surface area contributed by atoms with Crippen molar-refractivity contribution in [2.45, 2.75) is 19.3 Å². The minimum absolute atomic E-state index is 0.529. The molecule has 1 fully saturated rings. The van der Waals surface area contributed by atoms with Crippen molar-refractivity contribution in [3.05, 3.63) is 23.7 Å². The van der Waals surface area contributed by atoms with Crippen LogP contribution in [0.1, 0.15) is 19.3 Å². The van der Waals surface area contributed by atoms with Crippen molar-refractivity contribution in [1.29, 1.82) is 0 Å². The van der Waals surface area contributed by atoms with E-state index in [0.717, 1.165) is 67.9 Å². The molecule has 7 nitrogen and oxygen atoms in total. The maximum atomic E-state index is 6.03. The van der Waals surface area contributed by atoms with Gasteiger partial charge in [0.15, 0.2) is 11.1 Å². The van der Waals surface area contributed by atoms with Crippen LogP contribution in [0.3, 0.4) is 0 Å². The Kier molecular flexibility index (Phi) is 5.61. The number of rotatable bonds is 5. The van der Waals surface area contributed by atoms with Crippen LogP contribution in [0.5, 0.6) is 5.88 Å². The Morgan fingerprint density at radius 3 is 3.12 bits per heavy atom. The summed E-state index contributed by atoms with van der Waals surface area (Å²) in [5.41, 5.74) is 1.78. The lowest BCUT2D eigenvalue weighted by atomic mass is 10.0. The Morgan fingerprint density at radius 1 is 1.35 bits per heavy atom. The molecule has 0 spiro atoms. The molecule has 2 aromatic heterocycles. The van der Waals surface area contributed by atoms with Crippen molar-refractivity contribution in [1.82, 2.24) is 15.3 Å². The van der Waals surface area contributed by atoms with Crippen LogP contribution < -0.4 is 15.4 Å². The van der Waals surface area contributed by atoms with Gasteiger partial charge < -0.3 is 20.1 Å². The monoisotopic (exact) mass is 373 g/mol. The summed E-state index contributed by atoms with van der Waals surface area (Å²) in [6.45, 7) is 4.10. The van der Waals surface area contributed by atoms with Gasteiger partial charge in [-0.15, -0.1) is 11.3 Å². The number of guanidine groups is 1. The van der Waals surface area contributed by atoms with E-state index in [1.165, 1.54) is 0 Å². The summed E-state index contributed by atoms with van der Waals surface area (Å²) in [6.07, 6.45) is 4.91. The van der Waals surface area contributed by atoms with Gasteiger partial charge in [-0.25, -0.2) is 9.97 Å². The molecule has 0 radical (unpaired) electrons. The molecule has 2 N–H and O–H groups in total. The van der Waals surface area contributed by atoms with Crippen molar-refractivity contribution < 1.29 is 9.47 Å². The second kappa shape index (κ2) is 8.46. The van der Waals surface area contributed by atoms with Crippen molar-refractivity contribution >= 4 is 22.4 Å². The first-order valence-electron chi connectivity index (χ1n) is 9.05. The standard InChI is InChI=1S/C18H23N5O2S/c1-3-14(16(19-6-1)25-11-13-4-9-24-10-5-13)15-12-26-18(22-15)23-17-20-7-2-8-21-17/h1,3,6,12-13H,2,4-5,7-11H2,(H2,20,21,22,23). The molecule has 0 saturated carbocycles. The zero-order valence-corrected chi connectivity index (χ0v) is 15.4. The molecule has 1 saturated heterocycles. The molecule has 0 unspecified atom stereocenters. The molecule has 0 bridgehead atoms. The van der Waals surface area contributed by atoms with Crippen molar-refractivity contribution in [2.24, 2.45) is 10.9 Å². The van der Waals surface area contributed by atoms with Gasteiger partial charge in [-0.1, -0.05) is 0 Å². The second-order valence-corrected chi connectivity index (χ2v) is 7.25. The SMILES string of the molecule is c1cnc(OCC2CCOCC2)c(-c2csc(NC3=NCCCN3)n2)c1. The van der Waals surface area contributed by atoms with Gasteiger partial charge in [0, 0.05) is 37.9 Å². The van der Waals surface area contributed by atoms with Crippen LogP contribution in [-0.2, 0) is 4.74 Å². The van der Waals surface area contributed by atoms with Crippen LogP contribution in [0.2, 0.25) is 0 Å². The van der Waals surface area contributed by atoms with Crippen LogP contribution in [-0.4, -0.2) is 48.8 Å². The molecule has 138 valence electrons. The number of hydrogen-bond donors (Lipinski definition) is 2. The van der Waals surface area contributed by atoms with E-state index in [1.807, 2.05) is 17.5 Å². The Balaban J connectivity index is 1.44. The fourth-order valence-electron chi connectivity index (χ4n) is 2.98. The van der Waals surface area contributed by atoms with E-state index >= 15 is 0 Å². The number of anilines is 1. The summed E-state index contributed by atoms with van der Waals surface area (Å²) in [5, 5.41) is 9.32. The van der Waals surface area contributed by atoms with E-state index in [-0.39, 0.29) is 0 Å². The predicted molar refractivity (Wildman–Crippen MR) is 103 cm³/mol. The van der Waals surface area contributed by atoms with E-state index in [4.69, 9.17) is 9.47 Å². The Hall–Kier alpha value is -2.19. The maximum Gasteiger partial charge on any atom is 0.222 e. The van der Waals surface area contributed by atoms with E-state index in [2.05, 4.69) is 25.6 Å². The zero-order chi connectivity index (χ0) is 17.6. The van der Waals surface area contributed by atoms with Gasteiger partial charge in [0.05, 0.1) is 17.9 Å². The zero-order valence-electron chi connectivity index (χ0n) is 14.6. The predicted octanol–water partition coefficient (Wildman–Crippen LogP) is 2.77. The highest BCUT2D eigenvalue weighted by Gasteiger charge is 2.17. The fourth-order valence-corrected chi connectivity index (χ4v) is 3.69. The number of pyridine rings is 1. The van der Waals surface area contributed by atoms with Gasteiger partial charge in [-0.2, -0.15) is 0 Å². The third kappa shape index (κ3) is 4.31. The molecule has 4 heterocycles. The summed E-state index contributed by atoms with van der Waals surface area (Å²) >= 11 is 1.55. The van der Waals surface area contributed by atoms with Crippen LogP contribution in [0.4, 0.5) is 5.13 Å². The summed E-state index contributed by atoms with van der Waals surface area (Å²) in [7, 11) is 0. The normalized spacial score (nSPS) is 18.1. The Labute approximate surface area is 156 Å². The second-order valence-electron chi connectivity index (χ2n) is 6.40. The fraction of sp³-hybridized carbons (Fsp3) is 0.500. The molecule has 26 heavy (non-hydrogen) atoms. The molecular weight excluding hydrogens is 350 g/mol. The van der Waals surface area contributed by atoms with E-state index in [1.54, 1.807) is 17.5 Å². The highest BCUT2D eigenvalue weighted by molar-refractivity contribution is 7.14. The quantitative estimate of drug-likeness (QED) is 0.839. The lowest BCUT2D eigenvalue weighted by molar-refractivity contribution is 0.0491. The van der Waals surface area contributed by atoms with Crippen LogP contribution in [0.15, 0.2) is 28.7 Å². The van der Waals surface area contributed by atoms with Gasteiger partial charge in [-0.3, -0.25) is 4.99 Å². The smallest absolute Gasteiger partial charge is 0.222 e. The van der Waals surface area contributed by atoms with Crippen LogP contribution in [0.25, 0.3) is 11.3 Å². The first kappa shape index (κ1) is 17.2. The van der Waals surface area contributed by atoms with Gasteiger partial charge in [0.1, 0.15) is 0 Å². The number of nitrogens with one attached hydrogen (secondary N) is 2. The van der Waals surface area contributed by atoms with Crippen molar-refractivity contribution in [3.8, 4) is 17.1 Å². The third-order valence-electron chi connectivity index (χ3n) is 4.47. The average molecular weight is 373 g/mol. The van der Waals surface area contributed by atoms with Gasteiger partial charge in [0.2, 0.25) is 5.88 Å². The number of ether oxygens (including phenoxy) is 2. The van der Waals surface area contributed by atoms with Gasteiger partial charge in [0.25, 0.3) is 0 Å². The minimum Gasteiger partial charge on any atom is -0.477 e. The van der Waals surface area contributed by atoms with E-state index < -0.39 is 0 Å². The number of thiazole rings is 1. The summed E-state index contributed by atoms with van der Waals surface area (Å²) in [6, 6.07) is 3.91. The highest BCUT2D eigenvalue weighted by Crippen LogP contribution is 2.31. The molecule has 4 rings (SSSR count). The molecule has 2 aromatic rings. The Bertz CT molecular complexity index is 758. The molecule has 2 aliphatic heterocycles. The van der Waals surface area contributed by atoms with E-state index in [0.29, 0.717) is 18.4 Å².